The molecule has 0 amide bonds. The van der Waals surface area contributed by atoms with Crippen LogP contribution in [0.25, 0.3) is 51.8 Å². The Morgan fingerprint density at radius 3 is 2.81 bits per heavy atom. The first-order chi connectivity index (χ1) is 17.7. The molecule has 0 aliphatic rings. The zero-order valence-electron chi connectivity index (χ0n) is 20.7. The van der Waals surface area contributed by atoms with Gasteiger partial charge >= 0.3 is 0 Å². The van der Waals surface area contributed by atoms with E-state index in [4.69, 9.17) is 0 Å². The fraction of sp³-hybridized carbons (Fsp3) is 0.107. The van der Waals surface area contributed by atoms with E-state index >= 15 is 0 Å². The van der Waals surface area contributed by atoms with E-state index < -0.39 is 9.39 Å². The Morgan fingerprint density at radius 2 is 2.05 bits per heavy atom. The molecule has 4 heterocycles. The maximum Gasteiger partial charge on any atom is 0.138 e. The van der Waals surface area contributed by atoms with Crippen LogP contribution in [0.1, 0.15) is 18.1 Å². The van der Waals surface area contributed by atoms with E-state index in [1.807, 2.05) is 49.7 Å². The van der Waals surface area contributed by atoms with Gasteiger partial charge in [0.25, 0.3) is 0 Å². The maximum absolute atomic E-state index is 14.6. The molecular weight excluding hydrogens is 485 g/mol. The molecule has 37 heavy (non-hydrogen) atoms. The molecule has 0 bridgehead atoms. The molecule has 7 nitrogen and oxygen atoms in total. The van der Waals surface area contributed by atoms with Gasteiger partial charge in [-0.05, 0) is 71.9 Å². The summed E-state index contributed by atoms with van der Waals surface area (Å²) in [4.78, 5) is 7.84. The van der Waals surface area contributed by atoms with Crippen LogP contribution in [-0.4, -0.2) is 48.4 Å². The molecule has 188 valence electrons. The van der Waals surface area contributed by atoms with Crippen molar-refractivity contribution in [2.75, 3.05) is 6.26 Å². The van der Waals surface area contributed by atoms with Crippen molar-refractivity contribution >= 4 is 50.4 Å². The van der Waals surface area contributed by atoms with Gasteiger partial charge in [-0.3, -0.25) is 14.9 Å². The third-order valence-electron chi connectivity index (χ3n) is 6.03. The Hall–Kier alpha value is -4.21. The largest absolute Gasteiger partial charge is 0.338 e. The van der Waals surface area contributed by atoms with Gasteiger partial charge in [0, 0.05) is 35.1 Å². The average molecular weight is 514 g/mol. The number of nitrogens with one attached hydrogen (secondary N) is 4. The SMILES string of the molecule is C=c1c(-c2cc3c(-c4cc(F)cc(CNS(=C)(=C)C)c4)ccnc3[nH]2)n[nH]/c1=C/C=C(\C)c1cn[nH]c1. The predicted octanol–water partition coefficient (Wildman–Crippen LogP) is 4.08. The third-order valence-corrected chi connectivity index (χ3v) is 6.87. The van der Waals surface area contributed by atoms with Crippen molar-refractivity contribution in [2.24, 2.45) is 0 Å². The summed E-state index contributed by atoms with van der Waals surface area (Å²) in [5.41, 5.74) is 6.70. The zero-order chi connectivity index (χ0) is 26.2. The van der Waals surface area contributed by atoms with Crippen LogP contribution in [-0.2, 0) is 6.54 Å². The van der Waals surface area contributed by atoms with Crippen molar-refractivity contribution in [1.29, 1.82) is 0 Å². The van der Waals surface area contributed by atoms with Crippen LogP contribution in [0.5, 0.6) is 0 Å². The minimum absolute atomic E-state index is 0.300. The number of halogens is 1. The normalized spacial score (nSPS) is 13.1. The van der Waals surface area contributed by atoms with Gasteiger partial charge in [-0.25, -0.2) is 9.37 Å². The molecule has 0 saturated carbocycles. The van der Waals surface area contributed by atoms with Gasteiger partial charge in [-0.15, -0.1) is 0 Å². The van der Waals surface area contributed by atoms with Crippen molar-refractivity contribution in [1.82, 2.24) is 35.1 Å². The molecule has 9 heteroatoms. The van der Waals surface area contributed by atoms with E-state index in [-0.39, 0.29) is 5.82 Å². The second kappa shape index (κ2) is 9.68. The van der Waals surface area contributed by atoms with Crippen LogP contribution in [0.3, 0.4) is 0 Å². The van der Waals surface area contributed by atoms with E-state index in [2.05, 4.69) is 53.4 Å². The summed E-state index contributed by atoms with van der Waals surface area (Å²) in [5, 5.41) is 16.8. The van der Waals surface area contributed by atoms with E-state index in [0.717, 1.165) is 49.5 Å². The van der Waals surface area contributed by atoms with Gasteiger partial charge in [-0.2, -0.15) is 19.6 Å². The quantitative estimate of drug-likeness (QED) is 0.247. The van der Waals surface area contributed by atoms with Crippen LogP contribution < -0.4 is 15.3 Å². The Balaban J connectivity index is 1.52. The van der Waals surface area contributed by atoms with Crippen LogP contribution in [0.4, 0.5) is 4.39 Å². The minimum atomic E-state index is -1.41. The summed E-state index contributed by atoms with van der Waals surface area (Å²) in [7, 11) is -1.41. The van der Waals surface area contributed by atoms with Crippen molar-refractivity contribution in [3.05, 3.63) is 82.5 Å². The lowest BCUT2D eigenvalue weighted by atomic mass is 10.0. The molecule has 5 rings (SSSR count). The molecule has 0 saturated heterocycles. The van der Waals surface area contributed by atoms with Crippen LogP contribution in [0, 0.1) is 5.82 Å². The van der Waals surface area contributed by atoms with Crippen molar-refractivity contribution in [2.45, 2.75) is 13.5 Å². The molecule has 0 aliphatic carbocycles. The fourth-order valence-electron chi connectivity index (χ4n) is 4.08. The van der Waals surface area contributed by atoms with Gasteiger partial charge in [0.15, 0.2) is 0 Å². The molecule has 0 aliphatic heterocycles. The lowest BCUT2D eigenvalue weighted by Gasteiger charge is -2.12. The minimum Gasteiger partial charge on any atom is -0.338 e. The lowest BCUT2D eigenvalue weighted by molar-refractivity contribution is 0.625. The topological polar surface area (TPSA) is 98.1 Å². The van der Waals surface area contributed by atoms with Gasteiger partial charge in [0.1, 0.15) is 17.2 Å². The first-order valence-corrected chi connectivity index (χ1v) is 13.9. The smallest absolute Gasteiger partial charge is 0.138 e. The molecule has 0 unspecified atom stereocenters. The van der Waals surface area contributed by atoms with Gasteiger partial charge in [-0.1, -0.05) is 24.4 Å². The number of hydrogen-bond donors (Lipinski definition) is 4. The van der Waals surface area contributed by atoms with Crippen molar-refractivity contribution in [3.8, 4) is 22.5 Å². The van der Waals surface area contributed by atoms with Crippen molar-refractivity contribution in [3.63, 3.8) is 0 Å². The summed E-state index contributed by atoms with van der Waals surface area (Å²) in [5.74, 6) is 7.77. The summed E-state index contributed by atoms with van der Waals surface area (Å²) in [6.07, 6.45) is 11.2. The molecule has 5 aromatic rings. The molecule has 0 radical (unpaired) electrons. The second-order valence-electron chi connectivity index (χ2n) is 9.22. The average Bonchev–Trinajstić information content (AvgIpc) is 3.60. The van der Waals surface area contributed by atoms with Crippen molar-refractivity contribution < 1.29 is 4.39 Å². The number of aromatic nitrogens is 6. The number of aromatic amines is 3. The summed E-state index contributed by atoms with van der Waals surface area (Å²) >= 11 is 0. The fourth-order valence-corrected chi connectivity index (χ4v) is 4.60. The Kier molecular flexibility index (Phi) is 6.41. The molecule has 0 atom stereocenters. The van der Waals surface area contributed by atoms with Crippen LogP contribution in [0.15, 0.2) is 55.0 Å². The number of fused-ring (bicyclic) bond motifs is 1. The highest BCUT2D eigenvalue weighted by molar-refractivity contribution is 8.25. The number of pyridine rings is 1. The summed E-state index contributed by atoms with van der Waals surface area (Å²) in [6, 6.07) is 8.92. The monoisotopic (exact) mass is 513 g/mol. The highest BCUT2D eigenvalue weighted by Crippen LogP contribution is 2.31. The van der Waals surface area contributed by atoms with E-state index in [9.17, 15) is 4.39 Å². The standard InChI is InChI=1S/C28H28FN7S/c1-17(21-15-31-32-16-21)6-7-25-18(2)27(36-35-25)26-13-24-23(8-9-30-28(24)34-26)20-10-19(11-22(29)12-20)14-33-37(3,4)5/h6-13,15-16,33,35H,2-4,14H2,1,5H3,(H,30,34)(H,31,32)/b17-6+,25-7+. The summed E-state index contributed by atoms with van der Waals surface area (Å²) < 4.78 is 17.9. The molecule has 1 aromatic carbocycles. The van der Waals surface area contributed by atoms with Crippen LogP contribution >= 0.6 is 9.39 Å². The zero-order valence-corrected chi connectivity index (χ0v) is 21.5. The third kappa shape index (κ3) is 5.32. The second-order valence-corrected chi connectivity index (χ2v) is 12.1. The Labute approximate surface area is 214 Å². The molecule has 0 spiro atoms. The lowest BCUT2D eigenvalue weighted by Crippen LogP contribution is -2.21. The van der Waals surface area contributed by atoms with E-state index in [1.54, 1.807) is 12.4 Å². The van der Waals surface area contributed by atoms with Gasteiger partial charge in [0.05, 0.1) is 17.2 Å². The summed E-state index contributed by atoms with van der Waals surface area (Å²) in [6.45, 7) is 6.73. The number of H-pyrrole nitrogens is 3. The number of hydrogen-bond acceptors (Lipinski definition) is 4. The molecule has 0 fully saturated rings. The number of rotatable bonds is 7. The first kappa shape index (κ1) is 24.5. The van der Waals surface area contributed by atoms with Gasteiger partial charge < -0.3 is 4.98 Å². The van der Waals surface area contributed by atoms with E-state index in [0.29, 0.717) is 17.9 Å². The maximum atomic E-state index is 14.6. The highest BCUT2D eigenvalue weighted by atomic mass is 32.2. The first-order valence-electron chi connectivity index (χ1n) is 11.6. The predicted molar refractivity (Wildman–Crippen MR) is 155 cm³/mol. The molecule has 4 N–H and O–H groups in total. The molecular formula is C28H28FN7S. The Morgan fingerprint density at radius 1 is 1.22 bits per heavy atom. The number of allylic oxidation sites excluding steroid dienone is 2. The van der Waals surface area contributed by atoms with Crippen LogP contribution in [0.2, 0.25) is 0 Å². The number of benzene rings is 1. The number of nitrogens with zero attached hydrogens (tertiary/aromatic N) is 3. The highest BCUT2D eigenvalue weighted by Gasteiger charge is 2.13. The Bertz CT molecular complexity index is 1840. The van der Waals surface area contributed by atoms with E-state index in [1.165, 1.54) is 12.1 Å². The van der Waals surface area contributed by atoms with Gasteiger partial charge in [0.2, 0.25) is 0 Å². The molecule has 4 aromatic heterocycles.